The predicted molar refractivity (Wildman–Crippen MR) is 70.6 cm³/mol. The number of aliphatic carboxylic acids is 1. The van der Waals surface area contributed by atoms with E-state index in [1.54, 1.807) is 0 Å². The second-order valence-corrected chi connectivity index (χ2v) is 4.67. The molecule has 0 saturated carbocycles. The number of fused-ring (bicyclic) bond motifs is 1. The fraction of sp³-hybridized carbons (Fsp3) is 0.429. The van der Waals surface area contributed by atoms with Crippen LogP contribution in [0.3, 0.4) is 0 Å². The number of rotatable bonds is 5. The molecule has 2 atom stereocenters. The number of carbonyl (C=O) groups is 2. The van der Waals surface area contributed by atoms with Crippen LogP contribution >= 0.6 is 0 Å². The zero-order chi connectivity index (χ0) is 14.5. The maximum Gasteiger partial charge on any atom is 0.328 e. The lowest BCUT2D eigenvalue weighted by molar-refractivity contribution is -0.144. The molecule has 2 unspecified atom stereocenters. The van der Waals surface area contributed by atoms with Crippen molar-refractivity contribution in [3.8, 4) is 5.75 Å². The van der Waals surface area contributed by atoms with Gasteiger partial charge in [0.2, 0.25) is 5.91 Å². The Kier molecular flexibility index (Phi) is 4.57. The Balaban J connectivity index is 1.99. The highest BCUT2D eigenvalue weighted by molar-refractivity contribution is 5.85. The van der Waals surface area contributed by atoms with Crippen LogP contribution in [-0.2, 0) is 20.7 Å². The summed E-state index contributed by atoms with van der Waals surface area (Å²) in [6.07, 6.45) is 0.543. The quantitative estimate of drug-likeness (QED) is 0.817. The molecule has 1 aromatic carbocycles. The minimum atomic E-state index is -1.11. The molecule has 0 saturated heterocycles. The van der Waals surface area contributed by atoms with E-state index in [1.165, 1.54) is 7.11 Å². The van der Waals surface area contributed by atoms with Gasteiger partial charge in [-0.3, -0.25) is 4.79 Å². The first-order chi connectivity index (χ1) is 9.61. The third kappa shape index (κ3) is 3.27. The Morgan fingerprint density at radius 3 is 2.95 bits per heavy atom. The van der Waals surface area contributed by atoms with Gasteiger partial charge in [0.1, 0.15) is 12.4 Å². The summed E-state index contributed by atoms with van der Waals surface area (Å²) < 4.78 is 10.3. The van der Waals surface area contributed by atoms with Gasteiger partial charge in [-0.2, -0.15) is 0 Å². The van der Waals surface area contributed by atoms with E-state index < -0.39 is 12.0 Å². The maximum atomic E-state index is 12.1. The van der Waals surface area contributed by atoms with Crippen LogP contribution in [0.1, 0.15) is 5.56 Å². The van der Waals surface area contributed by atoms with E-state index in [9.17, 15) is 9.59 Å². The van der Waals surface area contributed by atoms with Crippen LogP contribution in [-0.4, -0.2) is 43.3 Å². The van der Waals surface area contributed by atoms with Crippen molar-refractivity contribution in [1.82, 2.24) is 5.32 Å². The predicted octanol–water partition coefficient (Wildman–Crippen LogP) is 0.453. The number of amides is 1. The lowest BCUT2D eigenvalue weighted by atomic mass is 9.96. The van der Waals surface area contributed by atoms with Crippen molar-refractivity contribution in [3.05, 3.63) is 29.8 Å². The number of carbonyl (C=O) groups excluding carboxylic acids is 1. The molecule has 2 rings (SSSR count). The van der Waals surface area contributed by atoms with Gasteiger partial charge in [-0.25, -0.2) is 4.79 Å². The smallest absolute Gasteiger partial charge is 0.328 e. The number of para-hydroxylation sites is 1. The van der Waals surface area contributed by atoms with Crippen LogP contribution in [0.2, 0.25) is 0 Å². The number of benzene rings is 1. The Hall–Kier alpha value is -2.08. The van der Waals surface area contributed by atoms with E-state index >= 15 is 0 Å². The maximum absolute atomic E-state index is 12.1. The third-order valence-corrected chi connectivity index (χ3v) is 3.20. The number of carboxylic acid groups (broad SMARTS) is 1. The van der Waals surface area contributed by atoms with Crippen molar-refractivity contribution in [2.45, 2.75) is 12.5 Å². The number of nitrogens with one attached hydrogen (secondary N) is 1. The van der Waals surface area contributed by atoms with Crippen LogP contribution in [0, 0.1) is 5.92 Å². The van der Waals surface area contributed by atoms with Crippen LogP contribution in [0.15, 0.2) is 24.3 Å². The van der Waals surface area contributed by atoms with Gasteiger partial charge in [0, 0.05) is 7.11 Å². The summed E-state index contributed by atoms with van der Waals surface area (Å²) in [6.45, 7) is 0.188. The lowest BCUT2D eigenvalue weighted by Gasteiger charge is -2.25. The van der Waals surface area contributed by atoms with Crippen molar-refractivity contribution >= 4 is 11.9 Å². The van der Waals surface area contributed by atoms with E-state index in [0.717, 1.165) is 11.3 Å². The largest absolute Gasteiger partial charge is 0.492 e. The molecule has 1 aliphatic rings. The van der Waals surface area contributed by atoms with Gasteiger partial charge < -0.3 is 19.9 Å². The molecule has 6 nitrogen and oxygen atoms in total. The molecule has 6 heteroatoms. The molecule has 0 spiro atoms. The van der Waals surface area contributed by atoms with Crippen LogP contribution < -0.4 is 10.1 Å². The van der Waals surface area contributed by atoms with E-state index in [4.69, 9.17) is 14.6 Å². The summed E-state index contributed by atoms with van der Waals surface area (Å²) in [5, 5.41) is 11.5. The molecule has 20 heavy (non-hydrogen) atoms. The Labute approximate surface area is 116 Å². The zero-order valence-electron chi connectivity index (χ0n) is 11.2. The third-order valence-electron chi connectivity index (χ3n) is 3.20. The van der Waals surface area contributed by atoms with Gasteiger partial charge >= 0.3 is 5.97 Å². The molecule has 2 N–H and O–H groups in total. The van der Waals surface area contributed by atoms with E-state index in [-0.39, 0.29) is 25.0 Å². The molecule has 108 valence electrons. The number of hydrogen-bond acceptors (Lipinski definition) is 4. The number of ether oxygens (including phenoxy) is 2. The Morgan fingerprint density at radius 2 is 2.25 bits per heavy atom. The van der Waals surface area contributed by atoms with Gasteiger partial charge in [-0.05, 0) is 18.1 Å². The first-order valence-corrected chi connectivity index (χ1v) is 6.34. The molecule has 1 aliphatic heterocycles. The highest BCUT2D eigenvalue weighted by Crippen LogP contribution is 2.26. The number of methoxy groups -OCH3 is 1. The van der Waals surface area contributed by atoms with E-state index in [2.05, 4.69) is 5.32 Å². The first kappa shape index (κ1) is 14.3. The van der Waals surface area contributed by atoms with Crippen molar-refractivity contribution in [3.63, 3.8) is 0 Å². The number of carboxylic acids is 1. The standard InChI is InChI=1S/C14H17NO5/c1-19-8-11(14(17)18)15-13(16)10-6-9-4-2-3-5-12(9)20-7-10/h2-5,10-11H,6-8H2,1H3,(H,15,16)(H,17,18). The summed E-state index contributed by atoms with van der Waals surface area (Å²) in [4.78, 5) is 23.1. The molecule has 1 heterocycles. The van der Waals surface area contributed by atoms with E-state index in [0.29, 0.717) is 6.42 Å². The SMILES string of the molecule is COCC(NC(=O)C1COc2ccccc2C1)C(=O)O. The van der Waals surface area contributed by atoms with E-state index in [1.807, 2.05) is 24.3 Å². The van der Waals surface area contributed by atoms with Crippen LogP contribution in [0.4, 0.5) is 0 Å². The summed E-state index contributed by atoms with van der Waals surface area (Å²) in [7, 11) is 1.39. The van der Waals surface area contributed by atoms with Gasteiger partial charge in [-0.1, -0.05) is 18.2 Å². The Morgan fingerprint density at radius 1 is 1.50 bits per heavy atom. The second-order valence-electron chi connectivity index (χ2n) is 4.67. The molecule has 0 aliphatic carbocycles. The van der Waals surface area contributed by atoms with Crippen molar-refractivity contribution < 1.29 is 24.2 Å². The summed E-state index contributed by atoms with van der Waals surface area (Å²) in [5.41, 5.74) is 0.956. The Bertz CT molecular complexity index is 502. The minimum Gasteiger partial charge on any atom is -0.492 e. The highest BCUT2D eigenvalue weighted by atomic mass is 16.5. The summed E-state index contributed by atoms with van der Waals surface area (Å²) in [5.74, 6) is -1.05. The molecule has 0 fully saturated rings. The fourth-order valence-electron chi connectivity index (χ4n) is 2.13. The molecule has 0 bridgehead atoms. The fourth-order valence-corrected chi connectivity index (χ4v) is 2.13. The minimum absolute atomic E-state index is 0.0642. The van der Waals surface area contributed by atoms with Gasteiger partial charge in [-0.15, -0.1) is 0 Å². The van der Waals surface area contributed by atoms with Gasteiger partial charge in [0.05, 0.1) is 12.5 Å². The average Bonchev–Trinajstić information content (AvgIpc) is 2.46. The lowest BCUT2D eigenvalue weighted by Crippen LogP contribution is -2.48. The molecule has 1 aromatic rings. The van der Waals surface area contributed by atoms with Gasteiger partial charge in [0.25, 0.3) is 0 Å². The van der Waals surface area contributed by atoms with Crippen molar-refractivity contribution in [1.29, 1.82) is 0 Å². The molecule has 1 amide bonds. The van der Waals surface area contributed by atoms with Crippen molar-refractivity contribution in [2.75, 3.05) is 20.3 Å². The summed E-state index contributed by atoms with van der Waals surface area (Å²) in [6, 6.07) is 6.48. The van der Waals surface area contributed by atoms with Crippen molar-refractivity contribution in [2.24, 2.45) is 5.92 Å². The average molecular weight is 279 g/mol. The zero-order valence-corrected chi connectivity index (χ0v) is 11.2. The first-order valence-electron chi connectivity index (χ1n) is 6.34. The van der Waals surface area contributed by atoms with Gasteiger partial charge in [0.15, 0.2) is 6.04 Å². The molecule has 0 radical (unpaired) electrons. The molecular weight excluding hydrogens is 262 g/mol. The van der Waals surface area contributed by atoms with Crippen LogP contribution in [0.25, 0.3) is 0 Å². The number of hydrogen-bond donors (Lipinski definition) is 2. The second kappa shape index (κ2) is 6.38. The summed E-state index contributed by atoms with van der Waals surface area (Å²) >= 11 is 0. The highest BCUT2D eigenvalue weighted by Gasteiger charge is 2.29. The monoisotopic (exact) mass is 279 g/mol. The topological polar surface area (TPSA) is 84.9 Å². The molecular formula is C14H17NO5. The normalized spacial score (nSPS) is 18.6. The molecule has 0 aromatic heterocycles. The van der Waals surface area contributed by atoms with Crippen LogP contribution in [0.5, 0.6) is 5.75 Å².